The number of likely N-dealkylation sites (tertiary alicyclic amines) is 1. The summed E-state index contributed by atoms with van der Waals surface area (Å²) in [6, 6.07) is 19.1. The lowest BCUT2D eigenvalue weighted by Gasteiger charge is -2.31. The zero-order chi connectivity index (χ0) is 23.0. The van der Waals surface area contributed by atoms with Crippen molar-refractivity contribution in [1.29, 1.82) is 0 Å². The molecule has 1 amide bonds. The maximum Gasteiger partial charge on any atom is 0.221 e. The molecule has 1 fully saturated rings. The number of nitrogens with one attached hydrogen (secondary N) is 2. The van der Waals surface area contributed by atoms with Crippen molar-refractivity contribution in [2.24, 2.45) is 16.6 Å². The van der Waals surface area contributed by atoms with E-state index in [4.69, 9.17) is 5.73 Å². The molecule has 6 nitrogen and oxygen atoms in total. The van der Waals surface area contributed by atoms with Crippen molar-refractivity contribution < 1.29 is 4.79 Å². The van der Waals surface area contributed by atoms with E-state index < -0.39 is 0 Å². The van der Waals surface area contributed by atoms with Crippen LogP contribution in [0.25, 0.3) is 0 Å². The normalized spacial score (nSPS) is 17.2. The molecule has 33 heavy (non-hydrogen) atoms. The summed E-state index contributed by atoms with van der Waals surface area (Å²) in [5.74, 6) is 0.588. The Morgan fingerprint density at radius 2 is 1.85 bits per heavy atom. The van der Waals surface area contributed by atoms with E-state index in [-0.39, 0.29) is 41.2 Å². The fraction of sp³-hybridized carbons (Fsp3) is 0.462. The first-order valence-corrected chi connectivity index (χ1v) is 11.5. The van der Waals surface area contributed by atoms with Gasteiger partial charge in [-0.05, 0) is 36.1 Å². The van der Waals surface area contributed by atoms with Crippen LogP contribution in [0, 0.1) is 5.92 Å². The van der Waals surface area contributed by atoms with Crippen LogP contribution in [0.2, 0.25) is 0 Å². The second kappa shape index (κ2) is 12.9. The number of aliphatic imine (C=N–C) groups is 1. The molecule has 1 atom stereocenters. The first kappa shape index (κ1) is 27.1. The number of guanidine groups is 1. The number of carbonyl (C=O) groups is 1. The minimum absolute atomic E-state index is 0. The number of nitrogens with zero attached hydrogens (tertiary/aromatic N) is 2. The predicted octanol–water partition coefficient (Wildman–Crippen LogP) is 3.64. The lowest BCUT2D eigenvalue weighted by Crippen LogP contribution is -2.43. The lowest BCUT2D eigenvalue weighted by atomic mass is 9.85. The summed E-state index contributed by atoms with van der Waals surface area (Å²) in [6.45, 7) is 8.56. The van der Waals surface area contributed by atoms with Crippen LogP contribution in [0.15, 0.2) is 59.6 Å². The highest BCUT2D eigenvalue weighted by Crippen LogP contribution is 2.22. The zero-order valence-electron chi connectivity index (χ0n) is 20.0. The Morgan fingerprint density at radius 3 is 2.55 bits per heavy atom. The molecule has 1 saturated heterocycles. The van der Waals surface area contributed by atoms with E-state index in [0.717, 1.165) is 45.0 Å². The van der Waals surface area contributed by atoms with Gasteiger partial charge >= 0.3 is 0 Å². The van der Waals surface area contributed by atoms with Gasteiger partial charge in [-0.1, -0.05) is 68.4 Å². The summed E-state index contributed by atoms with van der Waals surface area (Å²) < 4.78 is 0. The van der Waals surface area contributed by atoms with Gasteiger partial charge in [0.15, 0.2) is 5.96 Å². The maximum absolute atomic E-state index is 11.5. The van der Waals surface area contributed by atoms with Gasteiger partial charge in [-0.25, -0.2) is 0 Å². The highest BCUT2D eigenvalue weighted by molar-refractivity contribution is 14.0. The quantitative estimate of drug-likeness (QED) is 0.260. The molecule has 0 saturated carbocycles. The first-order chi connectivity index (χ1) is 15.4. The lowest BCUT2D eigenvalue weighted by molar-refractivity contribution is -0.123. The van der Waals surface area contributed by atoms with E-state index in [1.807, 2.05) is 6.07 Å². The third-order valence-electron chi connectivity index (χ3n) is 6.24. The molecule has 0 bridgehead atoms. The molecular formula is C26H38IN5O. The fourth-order valence-corrected chi connectivity index (χ4v) is 4.23. The van der Waals surface area contributed by atoms with Crippen LogP contribution in [0.3, 0.4) is 0 Å². The molecule has 3 rings (SSSR count). The fourth-order valence-electron chi connectivity index (χ4n) is 4.23. The maximum atomic E-state index is 11.5. The standard InChI is InChI=1S/C26H37N5O.HI/c1-26(2,23-12-5-4-6-13-23)19-30-25(28-3)29-16-20-9-7-10-21(15-20)17-31-14-8-11-22(18-31)24(27)32;/h4-7,9-10,12-13,15,22H,8,11,14,16-19H2,1-3H3,(H2,27,32)(H2,28,29,30);1H. The number of rotatable bonds is 8. The molecule has 180 valence electrons. The predicted molar refractivity (Wildman–Crippen MR) is 147 cm³/mol. The van der Waals surface area contributed by atoms with Crippen LogP contribution in [0.4, 0.5) is 0 Å². The Hall–Kier alpha value is -2.13. The molecule has 2 aromatic carbocycles. The highest BCUT2D eigenvalue weighted by atomic mass is 127. The SMILES string of the molecule is CN=C(NCc1cccc(CN2CCCC(C(N)=O)C2)c1)NCC(C)(C)c1ccccc1.I. The summed E-state index contributed by atoms with van der Waals surface area (Å²) in [6.07, 6.45) is 1.93. The minimum Gasteiger partial charge on any atom is -0.369 e. The van der Waals surface area contributed by atoms with Gasteiger partial charge in [-0.2, -0.15) is 0 Å². The number of primary amides is 1. The molecule has 1 unspecified atom stereocenters. The molecule has 7 heteroatoms. The van der Waals surface area contributed by atoms with E-state index in [1.165, 1.54) is 16.7 Å². The summed E-state index contributed by atoms with van der Waals surface area (Å²) in [7, 11) is 1.80. The second-order valence-electron chi connectivity index (χ2n) is 9.33. The molecule has 1 heterocycles. The molecule has 2 aromatic rings. The third kappa shape index (κ3) is 8.30. The Labute approximate surface area is 215 Å². The van der Waals surface area contributed by atoms with Crippen LogP contribution in [-0.2, 0) is 23.3 Å². The molecule has 0 radical (unpaired) electrons. The number of piperidine rings is 1. The third-order valence-corrected chi connectivity index (χ3v) is 6.24. The van der Waals surface area contributed by atoms with Gasteiger partial charge in [0, 0.05) is 38.6 Å². The average Bonchev–Trinajstić information content (AvgIpc) is 2.80. The Morgan fingerprint density at radius 1 is 1.12 bits per heavy atom. The number of halogens is 1. The van der Waals surface area contributed by atoms with Crippen molar-refractivity contribution in [3.8, 4) is 0 Å². The van der Waals surface area contributed by atoms with E-state index in [0.29, 0.717) is 6.54 Å². The summed E-state index contributed by atoms with van der Waals surface area (Å²) >= 11 is 0. The van der Waals surface area contributed by atoms with Crippen LogP contribution in [-0.4, -0.2) is 43.4 Å². The molecule has 0 aliphatic carbocycles. The average molecular weight is 564 g/mol. The van der Waals surface area contributed by atoms with Crippen LogP contribution < -0.4 is 16.4 Å². The molecule has 0 spiro atoms. The summed E-state index contributed by atoms with van der Waals surface area (Å²) in [5.41, 5.74) is 9.27. The van der Waals surface area contributed by atoms with Gasteiger partial charge < -0.3 is 16.4 Å². The van der Waals surface area contributed by atoms with Gasteiger partial charge in [-0.3, -0.25) is 14.7 Å². The molecule has 1 aliphatic rings. The van der Waals surface area contributed by atoms with Crippen LogP contribution in [0.5, 0.6) is 0 Å². The Balaban J connectivity index is 0.00000385. The van der Waals surface area contributed by atoms with Crippen molar-refractivity contribution in [3.05, 3.63) is 71.3 Å². The van der Waals surface area contributed by atoms with Gasteiger partial charge in [0.1, 0.15) is 0 Å². The molecule has 0 aromatic heterocycles. The zero-order valence-corrected chi connectivity index (χ0v) is 22.3. The number of amides is 1. The monoisotopic (exact) mass is 563 g/mol. The van der Waals surface area contributed by atoms with Crippen molar-refractivity contribution in [1.82, 2.24) is 15.5 Å². The Kier molecular flexibility index (Phi) is 10.6. The summed E-state index contributed by atoms with van der Waals surface area (Å²) in [5, 5.41) is 6.89. The first-order valence-electron chi connectivity index (χ1n) is 11.5. The number of nitrogens with two attached hydrogens (primary N) is 1. The van der Waals surface area contributed by atoms with E-state index >= 15 is 0 Å². The van der Waals surface area contributed by atoms with Crippen molar-refractivity contribution in [2.45, 2.75) is 45.2 Å². The van der Waals surface area contributed by atoms with Gasteiger partial charge in [0.25, 0.3) is 0 Å². The van der Waals surface area contributed by atoms with Crippen molar-refractivity contribution >= 4 is 35.8 Å². The van der Waals surface area contributed by atoms with Crippen molar-refractivity contribution in [3.63, 3.8) is 0 Å². The second-order valence-corrected chi connectivity index (χ2v) is 9.33. The minimum atomic E-state index is -0.179. The van der Waals surface area contributed by atoms with E-state index in [1.54, 1.807) is 7.05 Å². The smallest absolute Gasteiger partial charge is 0.221 e. The molecule has 1 aliphatic heterocycles. The van der Waals surface area contributed by atoms with Gasteiger partial charge in [-0.15, -0.1) is 24.0 Å². The number of hydrogen-bond donors (Lipinski definition) is 3. The highest BCUT2D eigenvalue weighted by Gasteiger charge is 2.24. The number of benzene rings is 2. The Bertz CT molecular complexity index is 916. The largest absolute Gasteiger partial charge is 0.369 e. The van der Waals surface area contributed by atoms with Crippen LogP contribution >= 0.6 is 24.0 Å². The number of hydrogen-bond acceptors (Lipinski definition) is 3. The topological polar surface area (TPSA) is 82.8 Å². The van der Waals surface area contributed by atoms with E-state index in [2.05, 4.69) is 82.9 Å². The van der Waals surface area contributed by atoms with Gasteiger partial charge in [0.2, 0.25) is 5.91 Å². The van der Waals surface area contributed by atoms with Crippen molar-refractivity contribution in [2.75, 3.05) is 26.7 Å². The van der Waals surface area contributed by atoms with Gasteiger partial charge in [0.05, 0.1) is 5.92 Å². The van der Waals surface area contributed by atoms with Crippen LogP contribution in [0.1, 0.15) is 43.4 Å². The molecule has 4 N–H and O–H groups in total. The van der Waals surface area contributed by atoms with E-state index in [9.17, 15) is 4.79 Å². The molecular weight excluding hydrogens is 525 g/mol. The number of carbonyl (C=O) groups excluding carboxylic acids is 1. The summed E-state index contributed by atoms with van der Waals surface area (Å²) in [4.78, 5) is 18.3.